The zero-order valence-electron chi connectivity index (χ0n) is 20.6. The third kappa shape index (κ3) is 5.00. The lowest BCUT2D eigenvalue weighted by molar-refractivity contribution is -0.123. The van der Waals surface area contributed by atoms with Gasteiger partial charge in [-0.1, -0.05) is 48.0 Å². The Morgan fingerprint density at radius 1 is 1.11 bits per heavy atom. The molecule has 1 aliphatic heterocycles. The highest BCUT2D eigenvalue weighted by Crippen LogP contribution is 2.47. The fourth-order valence-electron chi connectivity index (χ4n) is 5.56. The standard InChI is InChI=1S/C29H33NO6/c1-18(14-19-8-6-7-11-24(19)32)12-13-25(33)26-20(17-36-2)15-22-27(23(26)16-31)29(35)30(28(22)34)21-9-4-3-5-10-21/h3-11,14,22-23,25,27,31-33H,12-13,15-17H2,1-2H3/b18-14+/t22-,23+,25-,27-/m1/s1. The van der Waals surface area contributed by atoms with Gasteiger partial charge < -0.3 is 20.1 Å². The number of para-hydroxylation sites is 2. The summed E-state index contributed by atoms with van der Waals surface area (Å²) in [4.78, 5) is 28.0. The van der Waals surface area contributed by atoms with Crippen LogP contribution in [-0.4, -0.2) is 53.6 Å². The highest BCUT2D eigenvalue weighted by molar-refractivity contribution is 6.22. The smallest absolute Gasteiger partial charge is 0.238 e. The van der Waals surface area contributed by atoms with Gasteiger partial charge in [0, 0.05) is 18.6 Å². The fourth-order valence-corrected chi connectivity index (χ4v) is 5.56. The van der Waals surface area contributed by atoms with E-state index in [1.807, 2.05) is 31.2 Å². The van der Waals surface area contributed by atoms with Gasteiger partial charge in [0.1, 0.15) is 5.75 Å². The normalized spacial score (nSPS) is 23.3. The number of nitrogens with zero attached hydrogens (tertiary/aromatic N) is 1. The lowest BCUT2D eigenvalue weighted by atomic mass is 9.68. The molecule has 1 aliphatic carbocycles. The van der Waals surface area contributed by atoms with Gasteiger partial charge in [-0.2, -0.15) is 0 Å². The van der Waals surface area contributed by atoms with Crippen molar-refractivity contribution < 1.29 is 29.6 Å². The van der Waals surface area contributed by atoms with Crippen LogP contribution in [-0.2, 0) is 14.3 Å². The number of imide groups is 1. The van der Waals surface area contributed by atoms with Crippen molar-refractivity contribution in [2.45, 2.75) is 32.3 Å². The topological polar surface area (TPSA) is 107 Å². The van der Waals surface area contributed by atoms with Crippen molar-refractivity contribution >= 4 is 23.6 Å². The average molecular weight is 492 g/mol. The zero-order valence-corrected chi connectivity index (χ0v) is 20.6. The SMILES string of the molecule is COCC1=C([C@H](O)CC/C(C)=C/c2ccccc2O)[C@H](CO)[C@@H]2C(=O)N(c3ccccc3)C(=O)[C@@H]2C1. The molecule has 0 saturated carbocycles. The maximum Gasteiger partial charge on any atom is 0.238 e. The van der Waals surface area contributed by atoms with Gasteiger partial charge in [-0.05, 0) is 55.5 Å². The zero-order chi connectivity index (χ0) is 25.8. The highest BCUT2D eigenvalue weighted by atomic mass is 16.5. The van der Waals surface area contributed by atoms with E-state index in [9.17, 15) is 24.9 Å². The molecule has 2 amide bonds. The molecule has 0 bridgehead atoms. The minimum Gasteiger partial charge on any atom is -0.507 e. The number of amides is 2. The largest absolute Gasteiger partial charge is 0.507 e. The summed E-state index contributed by atoms with van der Waals surface area (Å²) in [6.07, 6.45) is 2.20. The number of anilines is 1. The molecule has 4 rings (SSSR count). The Kier molecular flexibility index (Phi) is 8.04. The van der Waals surface area contributed by atoms with Gasteiger partial charge in [0.15, 0.2) is 0 Å². The highest BCUT2D eigenvalue weighted by Gasteiger charge is 2.55. The second kappa shape index (κ2) is 11.2. The Hall–Kier alpha value is -3.26. The molecule has 1 fully saturated rings. The number of aliphatic hydroxyl groups excluding tert-OH is 2. The van der Waals surface area contributed by atoms with Gasteiger partial charge in [0.05, 0.1) is 36.8 Å². The van der Waals surface area contributed by atoms with Crippen LogP contribution in [0.25, 0.3) is 6.08 Å². The van der Waals surface area contributed by atoms with Crippen LogP contribution in [0.1, 0.15) is 31.7 Å². The summed E-state index contributed by atoms with van der Waals surface area (Å²) in [5.41, 5.74) is 3.56. The molecule has 7 nitrogen and oxygen atoms in total. The molecule has 0 spiro atoms. The molecule has 3 N–H and O–H groups in total. The number of ether oxygens (including phenoxy) is 1. The number of benzene rings is 2. The number of carbonyl (C=O) groups is 2. The van der Waals surface area contributed by atoms with E-state index in [0.717, 1.165) is 11.1 Å². The quantitative estimate of drug-likeness (QED) is 0.365. The Bertz CT molecular complexity index is 1170. The Balaban J connectivity index is 1.59. The number of hydrogen-bond acceptors (Lipinski definition) is 6. The van der Waals surface area contributed by atoms with E-state index >= 15 is 0 Å². The molecule has 2 aromatic rings. The first-order valence-corrected chi connectivity index (χ1v) is 12.2. The van der Waals surface area contributed by atoms with Crippen molar-refractivity contribution in [2.75, 3.05) is 25.2 Å². The first kappa shape index (κ1) is 25.8. The lowest BCUT2D eigenvalue weighted by Crippen LogP contribution is -2.39. The van der Waals surface area contributed by atoms with Crippen LogP contribution in [0.15, 0.2) is 71.3 Å². The maximum absolute atomic E-state index is 13.5. The van der Waals surface area contributed by atoms with Gasteiger partial charge in [-0.15, -0.1) is 0 Å². The summed E-state index contributed by atoms with van der Waals surface area (Å²) < 4.78 is 5.39. The second-order valence-electron chi connectivity index (χ2n) is 9.57. The molecule has 7 heteroatoms. The van der Waals surface area contributed by atoms with Crippen molar-refractivity contribution in [2.24, 2.45) is 17.8 Å². The van der Waals surface area contributed by atoms with E-state index in [2.05, 4.69) is 0 Å². The minimum absolute atomic E-state index is 0.188. The van der Waals surface area contributed by atoms with Crippen molar-refractivity contribution in [3.63, 3.8) is 0 Å². The van der Waals surface area contributed by atoms with Crippen LogP contribution >= 0.6 is 0 Å². The van der Waals surface area contributed by atoms with Crippen LogP contribution in [0.2, 0.25) is 0 Å². The molecule has 0 unspecified atom stereocenters. The van der Waals surface area contributed by atoms with Gasteiger partial charge in [-0.3, -0.25) is 14.5 Å². The first-order chi connectivity index (χ1) is 17.4. The number of hydrogen-bond donors (Lipinski definition) is 3. The predicted molar refractivity (Wildman–Crippen MR) is 137 cm³/mol. The van der Waals surface area contributed by atoms with Gasteiger partial charge in [0.2, 0.25) is 11.8 Å². The molecular weight excluding hydrogens is 458 g/mol. The average Bonchev–Trinajstić information content (AvgIpc) is 3.13. The number of methoxy groups -OCH3 is 1. The van der Waals surface area contributed by atoms with E-state index in [-0.39, 0.29) is 30.8 Å². The maximum atomic E-state index is 13.5. The Labute approximate surface area is 211 Å². The van der Waals surface area contributed by atoms with Crippen LogP contribution in [0.5, 0.6) is 5.75 Å². The van der Waals surface area contributed by atoms with E-state index in [1.165, 1.54) is 4.90 Å². The molecule has 0 radical (unpaired) electrons. The summed E-state index contributed by atoms with van der Waals surface area (Å²) in [5, 5.41) is 31.7. The summed E-state index contributed by atoms with van der Waals surface area (Å²) in [6, 6.07) is 15.9. The van der Waals surface area contributed by atoms with Gasteiger partial charge in [-0.25, -0.2) is 0 Å². The van der Waals surface area contributed by atoms with Crippen LogP contribution < -0.4 is 4.90 Å². The van der Waals surface area contributed by atoms with Crippen molar-refractivity contribution in [1.29, 1.82) is 0 Å². The molecule has 1 heterocycles. The molecule has 2 aliphatic rings. The first-order valence-electron chi connectivity index (χ1n) is 12.2. The number of phenolic OH excluding ortho intramolecular Hbond substituents is 1. The van der Waals surface area contributed by atoms with Crippen molar-refractivity contribution in [3.05, 3.63) is 76.9 Å². The number of carbonyl (C=O) groups excluding carboxylic acids is 2. The molecule has 1 saturated heterocycles. The van der Waals surface area contributed by atoms with E-state index < -0.39 is 23.9 Å². The monoisotopic (exact) mass is 491 g/mol. The number of allylic oxidation sites excluding steroid dienone is 1. The van der Waals surface area contributed by atoms with Gasteiger partial charge in [0.25, 0.3) is 0 Å². The molecule has 2 aromatic carbocycles. The van der Waals surface area contributed by atoms with Crippen molar-refractivity contribution in [3.8, 4) is 5.75 Å². The van der Waals surface area contributed by atoms with Crippen LogP contribution in [0.4, 0.5) is 5.69 Å². The van der Waals surface area contributed by atoms with Crippen LogP contribution in [0.3, 0.4) is 0 Å². The molecule has 190 valence electrons. The number of phenols is 1. The summed E-state index contributed by atoms with van der Waals surface area (Å²) in [5.74, 6) is -2.43. The third-order valence-corrected chi connectivity index (χ3v) is 7.22. The number of rotatable bonds is 9. The minimum atomic E-state index is -0.908. The predicted octanol–water partition coefficient (Wildman–Crippen LogP) is 3.70. The summed E-state index contributed by atoms with van der Waals surface area (Å²) in [6.45, 7) is 1.79. The Morgan fingerprint density at radius 3 is 2.47 bits per heavy atom. The molecular formula is C29H33NO6. The number of fused-ring (bicyclic) bond motifs is 1. The fraction of sp³-hybridized carbons (Fsp3) is 0.379. The summed E-state index contributed by atoms with van der Waals surface area (Å²) in [7, 11) is 1.55. The van der Waals surface area contributed by atoms with E-state index in [1.54, 1.807) is 43.5 Å². The second-order valence-corrected chi connectivity index (χ2v) is 9.57. The number of aliphatic hydroxyl groups is 2. The van der Waals surface area contributed by atoms with Gasteiger partial charge >= 0.3 is 0 Å². The molecule has 4 atom stereocenters. The van der Waals surface area contributed by atoms with E-state index in [0.29, 0.717) is 36.1 Å². The summed E-state index contributed by atoms with van der Waals surface area (Å²) >= 11 is 0. The van der Waals surface area contributed by atoms with Crippen molar-refractivity contribution in [1.82, 2.24) is 0 Å². The molecule has 36 heavy (non-hydrogen) atoms. The number of aromatic hydroxyl groups is 1. The third-order valence-electron chi connectivity index (χ3n) is 7.22. The molecule has 0 aromatic heterocycles. The van der Waals surface area contributed by atoms with Crippen LogP contribution in [0, 0.1) is 17.8 Å². The lowest BCUT2D eigenvalue weighted by Gasteiger charge is -2.36. The Morgan fingerprint density at radius 2 is 1.81 bits per heavy atom. The van der Waals surface area contributed by atoms with E-state index in [4.69, 9.17) is 4.74 Å².